The Morgan fingerprint density at radius 2 is 1.68 bits per heavy atom. The molecular formula is C39H36Cl2N6O4S2. The predicted octanol–water partition coefficient (Wildman–Crippen LogP) is 8.42. The third-order valence-electron chi connectivity index (χ3n) is 9.32. The Labute approximate surface area is 323 Å². The van der Waals surface area contributed by atoms with E-state index in [0.717, 1.165) is 46.0 Å². The minimum atomic E-state index is -3.71. The molecule has 2 heterocycles. The first-order valence-corrected chi connectivity index (χ1v) is 20.1. The van der Waals surface area contributed by atoms with Crippen LogP contribution >= 0.6 is 35.0 Å². The summed E-state index contributed by atoms with van der Waals surface area (Å²) in [5.74, 6) is 0.856. The standard InChI is InChI=1S/C39H36Cl2N6O4S2/c1-45(2)53(49,50)33-11-4-8-28(22-33)38-42-43-39(46(38)31-9-6-10-32(23-31)51-3)52-24-35(48)47-37(26-15-19-30(41)20-16-26)34-12-5-7-27(36(34)44-47)21-25-13-17-29(40)18-14-25/h4,6,8-11,13-23,34,37H,5,7,12,24H2,1-3H3/b27-21-. The number of rotatable bonds is 10. The lowest BCUT2D eigenvalue weighted by Crippen LogP contribution is -2.32. The molecule has 272 valence electrons. The van der Waals surface area contributed by atoms with E-state index in [-0.39, 0.29) is 28.5 Å². The number of allylic oxidation sites excluding steroid dienone is 1. The summed E-state index contributed by atoms with van der Waals surface area (Å²) in [5, 5.41) is 17.4. The van der Waals surface area contributed by atoms with Gasteiger partial charge in [-0.3, -0.25) is 9.36 Å². The van der Waals surface area contributed by atoms with Crippen molar-refractivity contribution in [2.24, 2.45) is 11.0 Å². The van der Waals surface area contributed by atoms with Gasteiger partial charge < -0.3 is 4.74 Å². The second-order valence-electron chi connectivity index (χ2n) is 12.9. The number of hydrogen-bond donors (Lipinski definition) is 0. The summed E-state index contributed by atoms with van der Waals surface area (Å²) in [5.41, 5.74) is 5.22. The number of ether oxygens (including phenoxy) is 1. The molecule has 1 amide bonds. The van der Waals surface area contributed by atoms with Gasteiger partial charge in [0.15, 0.2) is 11.0 Å². The number of hydrogen-bond acceptors (Lipinski definition) is 8. The SMILES string of the molecule is COc1cccc(-n2c(SCC(=O)N3N=C4/C(=C\c5ccc(Cl)cc5)CCCC4C3c3ccc(Cl)cc3)nnc2-c2cccc(S(=O)(=O)N(C)C)c2)c1. The maximum atomic E-state index is 14.3. The summed E-state index contributed by atoms with van der Waals surface area (Å²) in [6, 6.07) is 29.0. The van der Waals surface area contributed by atoms with Gasteiger partial charge in [-0.15, -0.1) is 10.2 Å². The Bertz CT molecular complexity index is 2330. The fraction of sp³-hybridized carbons (Fsp3) is 0.231. The van der Waals surface area contributed by atoms with Gasteiger partial charge >= 0.3 is 0 Å². The normalized spacial score (nSPS) is 18.0. The van der Waals surface area contributed by atoms with Crippen LogP contribution in [0.2, 0.25) is 10.0 Å². The number of carbonyl (C=O) groups excluding carboxylic acids is 1. The van der Waals surface area contributed by atoms with Crippen molar-refractivity contribution in [3.63, 3.8) is 0 Å². The van der Waals surface area contributed by atoms with E-state index < -0.39 is 10.0 Å². The first-order chi connectivity index (χ1) is 25.5. The zero-order valence-electron chi connectivity index (χ0n) is 29.2. The molecule has 5 aromatic rings. The minimum Gasteiger partial charge on any atom is -0.497 e. The van der Waals surface area contributed by atoms with Crippen LogP contribution in [0.15, 0.2) is 118 Å². The van der Waals surface area contributed by atoms with E-state index >= 15 is 0 Å². The molecule has 1 fully saturated rings. The van der Waals surface area contributed by atoms with Crippen molar-refractivity contribution in [2.75, 3.05) is 27.0 Å². The van der Waals surface area contributed by atoms with Crippen LogP contribution < -0.4 is 4.74 Å². The lowest BCUT2D eigenvalue weighted by molar-refractivity contribution is -0.130. The quantitative estimate of drug-likeness (QED) is 0.131. The molecular weight excluding hydrogens is 752 g/mol. The first-order valence-electron chi connectivity index (χ1n) is 16.9. The fourth-order valence-electron chi connectivity index (χ4n) is 6.69. The zero-order valence-corrected chi connectivity index (χ0v) is 32.3. The topological polar surface area (TPSA) is 110 Å². The van der Waals surface area contributed by atoms with Crippen molar-refractivity contribution in [1.82, 2.24) is 24.1 Å². The Kier molecular flexibility index (Phi) is 10.8. The highest BCUT2D eigenvalue weighted by atomic mass is 35.5. The van der Waals surface area contributed by atoms with Gasteiger partial charge in [-0.1, -0.05) is 77.4 Å². The van der Waals surface area contributed by atoms with Gasteiger partial charge in [0.2, 0.25) is 10.0 Å². The predicted molar refractivity (Wildman–Crippen MR) is 210 cm³/mol. The first kappa shape index (κ1) is 36.9. The van der Waals surface area contributed by atoms with Crippen LogP contribution in [0.3, 0.4) is 0 Å². The van der Waals surface area contributed by atoms with Gasteiger partial charge in [0, 0.05) is 41.7 Å². The second kappa shape index (κ2) is 15.5. The molecule has 53 heavy (non-hydrogen) atoms. The molecule has 2 aliphatic rings. The van der Waals surface area contributed by atoms with Crippen LogP contribution in [0.25, 0.3) is 23.2 Å². The number of carbonyl (C=O) groups is 1. The number of aromatic nitrogens is 3. The highest BCUT2D eigenvalue weighted by molar-refractivity contribution is 7.99. The number of methoxy groups -OCH3 is 1. The van der Waals surface area contributed by atoms with E-state index in [1.54, 1.807) is 41.0 Å². The molecule has 0 N–H and O–H groups in total. The second-order valence-corrected chi connectivity index (χ2v) is 16.9. The largest absolute Gasteiger partial charge is 0.497 e. The van der Waals surface area contributed by atoms with Crippen LogP contribution in [-0.4, -0.2) is 71.1 Å². The van der Waals surface area contributed by atoms with E-state index in [0.29, 0.717) is 38.0 Å². The van der Waals surface area contributed by atoms with E-state index in [1.807, 2.05) is 72.8 Å². The number of amides is 1. The molecule has 0 bridgehead atoms. The summed E-state index contributed by atoms with van der Waals surface area (Å²) >= 11 is 13.7. The van der Waals surface area contributed by atoms with Crippen molar-refractivity contribution < 1.29 is 17.9 Å². The van der Waals surface area contributed by atoms with Crippen LogP contribution in [0.4, 0.5) is 0 Å². The van der Waals surface area contributed by atoms with Gasteiger partial charge in [-0.05, 0) is 90.6 Å². The van der Waals surface area contributed by atoms with E-state index in [2.05, 4.69) is 16.3 Å². The maximum absolute atomic E-state index is 14.3. The van der Waals surface area contributed by atoms with E-state index in [4.69, 9.17) is 33.0 Å². The van der Waals surface area contributed by atoms with Gasteiger partial charge in [-0.25, -0.2) is 17.7 Å². The lowest BCUT2D eigenvalue weighted by atomic mass is 9.77. The van der Waals surface area contributed by atoms with Gasteiger partial charge in [0.1, 0.15) is 5.75 Å². The van der Waals surface area contributed by atoms with Crippen LogP contribution in [-0.2, 0) is 14.8 Å². The minimum absolute atomic E-state index is 0.00943. The highest BCUT2D eigenvalue weighted by Gasteiger charge is 2.43. The van der Waals surface area contributed by atoms with Crippen molar-refractivity contribution in [2.45, 2.75) is 35.4 Å². The molecule has 4 aromatic carbocycles. The molecule has 2 unspecified atom stereocenters. The van der Waals surface area contributed by atoms with E-state index in [9.17, 15) is 13.2 Å². The highest BCUT2D eigenvalue weighted by Crippen LogP contribution is 2.45. The summed E-state index contributed by atoms with van der Waals surface area (Å²) in [6.07, 6.45) is 4.84. The average Bonchev–Trinajstić information content (AvgIpc) is 3.78. The molecule has 7 rings (SSSR count). The number of halogens is 2. The average molecular weight is 788 g/mol. The number of thioether (sulfide) groups is 1. The summed E-state index contributed by atoms with van der Waals surface area (Å²) < 4.78 is 34.5. The summed E-state index contributed by atoms with van der Waals surface area (Å²) in [6.45, 7) is 0. The third-order valence-corrected chi connectivity index (χ3v) is 12.5. The molecule has 10 nitrogen and oxygen atoms in total. The Balaban J connectivity index is 1.24. The number of hydrazone groups is 1. The van der Waals surface area contributed by atoms with Crippen molar-refractivity contribution in [1.29, 1.82) is 0 Å². The molecule has 1 aliphatic carbocycles. The van der Waals surface area contributed by atoms with E-state index in [1.165, 1.54) is 25.9 Å². The fourth-order valence-corrected chi connectivity index (χ4v) is 8.70. The third kappa shape index (κ3) is 7.65. The number of nitrogens with zero attached hydrogens (tertiary/aromatic N) is 6. The lowest BCUT2D eigenvalue weighted by Gasteiger charge is -2.29. The molecule has 1 saturated carbocycles. The smallest absolute Gasteiger partial charge is 0.253 e. The molecule has 1 aromatic heterocycles. The van der Waals surface area contributed by atoms with Gasteiger partial charge in [0.25, 0.3) is 5.91 Å². The molecule has 1 aliphatic heterocycles. The number of sulfonamides is 1. The summed E-state index contributed by atoms with van der Waals surface area (Å²) in [7, 11) is 0.844. The van der Waals surface area contributed by atoms with Crippen molar-refractivity contribution >= 4 is 62.7 Å². The van der Waals surface area contributed by atoms with Crippen LogP contribution in [0.5, 0.6) is 5.75 Å². The molecule has 0 radical (unpaired) electrons. The number of fused-ring (bicyclic) bond motifs is 1. The monoisotopic (exact) mass is 786 g/mol. The molecule has 2 atom stereocenters. The van der Waals surface area contributed by atoms with Gasteiger partial charge in [0.05, 0.1) is 35.2 Å². The molecule has 0 saturated heterocycles. The Morgan fingerprint density at radius 1 is 0.962 bits per heavy atom. The number of benzene rings is 4. The van der Waals surface area contributed by atoms with Gasteiger partial charge in [-0.2, -0.15) is 5.10 Å². The zero-order chi connectivity index (χ0) is 37.3. The van der Waals surface area contributed by atoms with Crippen molar-refractivity contribution in [3.8, 4) is 22.8 Å². The molecule has 0 spiro atoms. The Morgan fingerprint density at radius 3 is 2.40 bits per heavy atom. The van der Waals surface area contributed by atoms with Crippen molar-refractivity contribution in [3.05, 3.63) is 124 Å². The molecule has 14 heteroatoms. The summed E-state index contributed by atoms with van der Waals surface area (Å²) in [4.78, 5) is 14.5. The Hall–Kier alpha value is -4.46. The van der Waals surface area contributed by atoms with Crippen LogP contribution in [0.1, 0.15) is 36.4 Å². The maximum Gasteiger partial charge on any atom is 0.253 e. The van der Waals surface area contributed by atoms with Crippen LogP contribution in [0, 0.1) is 5.92 Å².